The van der Waals surface area contributed by atoms with Crippen LogP contribution in [0.25, 0.3) is 10.9 Å². The van der Waals surface area contributed by atoms with Crippen LogP contribution in [0.2, 0.25) is 0 Å². The van der Waals surface area contributed by atoms with Crippen molar-refractivity contribution in [3.05, 3.63) is 40.2 Å². The van der Waals surface area contributed by atoms with E-state index in [0.29, 0.717) is 37.2 Å². The maximum Gasteiger partial charge on any atom is 0.254 e. The van der Waals surface area contributed by atoms with Gasteiger partial charge in [0.1, 0.15) is 0 Å². The number of morpholine rings is 1. The van der Waals surface area contributed by atoms with E-state index in [1.54, 1.807) is 18.0 Å². The van der Waals surface area contributed by atoms with Crippen LogP contribution in [0.4, 0.5) is 0 Å². The molecule has 1 aromatic carbocycles. The lowest BCUT2D eigenvalue weighted by Crippen LogP contribution is -2.40. The molecule has 1 saturated heterocycles. The number of H-pyrrole nitrogens is 1. The molecule has 1 N–H and O–H groups in total. The Labute approximate surface area is 175 Å². The standard InChI is InChI=1S/C21H27N3O5S/c1-23(15-5-3-2-4-6-15)21(26)18-14-20(25)22-19-8-7-16(13-17(18)19)30(27,28)24-9-11-29-12-10-24/h7-8,13-15H,2-6,9-12H2,1H3,(H,22,25). The Hall–Kier alpha value is -2.23. The highest BCUT2D eigenvalue weighted by molar-refractivity contribution is 7.89. The van der Waals surface area contributed by atoms with Gasteiger partial charge in [0.15, 0.2) is 0 Å². The fourth-order valence-electron chi connectivity index (χ4n) is 4.33. The van der Waals surface area contributed by atoms with Crippen molar-refractivity contribution in [1.29, 1.82) is 0 Å². The van der Waals surface area contributed by atoms with Crippen molar-refractivity contribution in [3.8, 4) is 0 Å². The summed E-state index contributed by atoms with van der Waals surface area (Å²) in [5.41, 5.74) is 0.302. The second-order valence-electron chi connectivity index (χ2n) is 7.98. The molecule has 1 aliphatic heterocycles. The summed E-state index contributed by atoms with van der Waals surface area (Å²) in [5, 5.41) is 0.441. The molecule has 2 fully saturated rings. The quantitative estimate of drug-likeness (QED) is 0.795. The number of nitrogens with zero attached hydrogens (tertiary/aromatic N) is 2. The first-order valence-corrected chi connectivity index (χ1v) is 11.8. The average Bonchev–Trinajstić information content (AvgIpc) is 2.78. The van der Waals surface area contributed by atoms with Crippen LogP contribution in [0.5, 0.6) is 0 Å². The Morgan fingerprint density at radius 2 is 1.83 bits per heavy atom. The molecule has 1 aliphatic carbocycles. The molecule has 0 unspecified atom stereocenters. The number of pyridine rings is 1. The first-order chi connectivity index (χ1) is 14.4. The topological polar surface area (TPSA) is 99.8 Å². The number of rotatable bonds is 4. The molecule has 0 atom stereocenters. The van der Waals surface area contributed by atoms with Gasteiger partial charge in [0, 0.05) is 43.1 Å². The summed E-state index contributed by atoms with van der Waals surface area (Å²) in [6.07, 6.45) is 5.23. The van der Waals surface area contributed by atoms with Gasteiger partial charge < -0.3 is 14.6 Å². The van der Waals surface area contributed by atoms with Crippen LogP contribution in [-0.4, -0.2) is 67.9 Å². The zero-order chi connectivity index (χ0) is 21.3. The second kappa shape index (κ2) is 8.49. The summed E-state index contributed by atoms with van der Waals surface area (Å²) < 4.78 is 32.8. The van der Waals surface area contributed by atoms with E-state index in [1.165, 1.54) is 28.9 Å². The Morgan fingerprint density at radius 1 is 1.13 bits per heavy atom. The molecule has 1 aromatic heterocycles. The normalized spacial score (nSPS) is 19.1. The van der Waals surface area contributed by atoms with Crippen molar-refractivity contribution in [2.75, 3.05) is 33.4 Å². The van der Waals surface area contributed by atoms with Crippen molar-refractivity contribution in [1.82, 2.24) is 14.2 Å². The number of aromatic nitrogens is 1. The molecule has 1 amide bonds. The second-order valence-corrected chi connectivity index (χ2v) is 9.92. The number of hydrogen-bond acceptors (Lipinski definition) is 5. The molecule has 4 rings (SSSR count). The molecule has 162 valence electrons. The van der Waals surface area contributed by atoms with Crippen LogP contribution >= 0.6 is 0 Å². The number of aromatic amines is 1. The van der Waals surface area contributed by atoms with E-state index in [2.05, 4.69) is 4.98 Å². The summed E-state index contributed by atoms with van der Waals surface area (Å²) in [6, 6.07) is 5.94. The molecule has 8 nitrogen and oxygen atoms in total. The van der Waals surface area contributed by atoms with Gasteiger partial charge >= 0.3 is 0 Å². The number of nitrogens with one attached hydrogen (secondary N) is 1. The van der Waals surface area contributed by atoms with Crippen molar-refractivity contribution in [3.63, 3.8) is 0 Å². The summed E-state index contributed by atoms with van der Waals surface area (Å²) >= 11 is 0. The fraction of sp³-hybridized carbons (Fsp3) is 0.524. The third kappa shape index (κ3) is 4.01. The highest BCUT2D eigenvalue weighted by Crippen LogP contribution is 2.27. The highest BCUT2D eigenvalue weighted by Gasteiger charge is 2.28. The molecule has 2 aromatic rings. The van der Waals surface area contributed by atoms with E-state index in [4.69, 9.17) is 4.74 Å². The van der Waals surface area contributed by atoms with E-state index in [9.17, 15) is 18.0 Å². The monoisotopic (exact) mass is 433 g/mol. The molecular weight excluding hydrogens is 406 g/mol. The zero-order valence-corrected chi connectivity index (χ0v) is 17.9. The number of fused-ring (bicyclic) bond motifs is 1. The van der Waals surface area contributed by atoms with Crippen LogP contribution in [0.15, 0.2) is 34.0 Å². The Kier molecular flexibility index (Phi) is 5.95. The Morgan fingerprint density at radius 3 is 2.53 bits per heavy atom. The van der Waals surface area contributed by atoms with Gasteiger partial charge in [-0.3, -0.25) is 9.59 Å². The predicted molar refractivity (Wildman–Crippen MR) is 113 cm³/mol. The summed E-state index contributed by atoms with van der Waals surface area (Å²) in [7, 11) is -1.95. The van der Waals surface area contributed by atoms with Gasteiger partial charge in [-0.2, -0.15) is 4.31 Å². The first-order valence-electron chi connectivity index (χ1n) is 10.4. The third-order valence-corrected chi connectivity index (χ3v) is 7.99. The SMILES string of the molecule is CN(C(=O)c1cc(=O)[nH]c2ccc(S(=O)(=O)N3CCOCC3)cc12)C1CCCCC1. The van der Waals surface area contributed by atoms with Crippen LogP contribution in [0.1, 0.15) is 42.5 Å². The highest BCUT2D eigenvalue weighted by atomic mass is 32.2. The van der Waals surface area contributed by atoms with Crippen molar-refractivity contribution in [2.24, 2.45) is 0 Å². The summed E-state index contributed by atoms with van der Waals surface area (Å²) in [4.78, 5) is 30.0. The molecule has 30 heavy (non-hydrogen) atoms. The van der Waals surface area contributed by atoms with Crippen LogP contribution in [0.3, 0.4) is 0 Å². The summed E-state index contributed by atoms with van der Waals surface area (Å²) in [6.45, 7) is 1.30. The van der Waals surface area contributed by atoms with Gasteiger partial charge in [0.2, 0.25) is 15.6 Å². The molecule has 0 spiro atoms. The molecule has 9 heteroatoms. The third-order valence-electron chi connectivity index (χ3n) is 6.10. The van der Waals surface area contributed by atoms with Crippen LogP contribution in [-0.2, 0) is 14.8 Å². The van der Waals surface area contributed by atoms with E-state index < -0.39 is 10.0 Å². The Balaban J connectivity index is 1.75. The van der Waals surface area contributed by atoms with Crippen molar-refractivity contribution in [2.45, 2.75) is 43.0 Å². The fourth-order valence-corrected chi connectivity index (χ4v) is 5.77. The smallest absolute Gasteiger partial charge is 0.254 e. The minimum atomic E-state index is -3.71. The Bertz CT molecular complexity index is 1100. The maximum absolute atomic E-state index is 13.3. The molecule has 0 bridgehead atoms. The number of ether oxygens (including phenoxy) is 1. The summed E-state index contributed by atoms with van der Waals surface area (Å²) in [5.74, 6) is -0.251. The first kappa shape index (κ1) is 21.0. The lowest BCUT2D eigenvalue weighted by Gasteiger charge is -2.31. The predicted octanol–water partition coefficient (Wildman–Crippen LogP) is 1.95. The van der Waals surface area contributed by atoms with E-state index in [-0.39, 0.29) is 28.0 Å². The number of carbonyl (C=O) groups excluding carboxylic acids is 1. The number of sulfonamides is 1. The van der Waals surface area contributed by atoms with Gasteiger partial charge in [-0.15, -0.1) is 0 Å². The van der Waals surface area contributed by atoms with Crippen molar-refractivity contribution < 1.29 is 17.9 Å². The van der Waals surface area contributed by atoms with Gasteiger partial charge in [-0.05, 0) is 31.0 Å². The lowest BCUT2D eigenvalue weighted by molar-refractivity contribution is 0.0698. The number of carbonyl (C=O) groups is 1. The van der Waals surface area contributed by atoms with Crippen molar-refractivity contribution >= 4 is 26.8 Å². The van der Waals surface area contributed by atoms with E-state index in [1.807, 2.05) is 0 Å². The molecule has 2 aliphatic rings. The van der Waals surface area contributed by atoms with Gasteiger partial charge in [0.25, 0.3) is 5.91 Å². The van der Waals surface area contributed by atoms with Crippen LogP contribution < -0.4 is 5.56 Å². The van der Waals surface area contributed by atoms with Gasteiger partial charge in [-0.1, -0.05) is 19.3 Å². The minimum Gasteiger partial charge on any atom is -0.379 e. The largest absolute Gasteiger partial charge is 0.379 e. The van der Waals surface area contributed by atoms with E-state index >= 15 is 0 Å². The van der Waals surface area contributed by atoms with E-state index in [0.717, 1.165) is 25.7 Å². The number of benzene rings is 1. The van der Waals surface area contributed by atoms with Crippen LogP contribution in [0, 0.1) is 0 Å². The number of amides is 1. The minimum absolute atomic E-state index is 0.110. The lowest BCUT2D eigenvalue weighted by atomic mass is 9.94. The molecule has 1 saturated carbocycles. The average molecular weight is 434 g/mol. The number of hydrogen-bond donors (Lipinski definition) is 1. The molecular formula is C21H27N3O5S. The maximum atomic E-state index is 13.3. The molecule has 0 radical (unpaired) electrons. The van der Waals surface area contributed by atoms with Gasteiger partial charge in [-0.25, -0.2) is 8.42 Å². The van der Waals surface area contributed by atoms with Gasteiger partial charge in [0.05, 0.1) is 23.7 Å². The zero-order valence-electron chi connectivity index (χ0n) is 17.1. The molecule has 2 heterocycles.